The van der Waals surface area contributed by atoms with Gasteiger partial charge in [-0.25, -0.2) is 4.98 Å². The van der Waals surface area contributed by atoms with Crippen molar-refractivity contribution in [1.82, 2.24) is 30.0 Å². The van der Waals surface area contributed by atoms with Crippen LogP contribution in [0.4, 0.5) is 0 Å². The molecule has 2 amide bonds. The zero-order valence-corrected chi connectivity index (χ0v) is 15.6. The molecule has 0 bridgehead atoms. The molecular formula is C18H24N6O3. The lowest BCUT2D eigenvalue weighted by Gasteiger charge is -2.27. The largest absolute Gasteiger partial charge is 0.375 e. The normalized spacial score (nSPS) is 17.6. The van der Waals surface area contributed by atoms with Gasteiger partial charge < -0.3 is 14.5 Å². The van der Waals surface area contributed by atoms with Gasteiger partial charge in [0.05, 0.1) is 12.5 Å². The minimum absolute atomic E-state index is 0.0104. The van der Waals surface area contributed by atoms with Gasteiger partial charge in [0.1, 0.15) is 12.4 Å². The zero-order valence-electron chi connectivity index (χ0n) is 15.6. The lowest BCUT2D eigenvalue weighted by molar-refractivity contribution is -0.138. The second kappa shape index (κ2) is 8.72. The number of aromatic nitrogens is 4. The van der Waals surface area contributed by atoms with Crippen molar-refractivity contribution < 1.29 is 14.3 Å². The number of carbonyl (C=O) groups is 2. The Bertz CT molecular complexity index is 778. The van der Waals surface area contributed by atoms with E-state index in [0.29, 0.717) is 44.1 Å². The van der Waals surface area contributed by atoms with Crippen LogP contribution < -0.4 is 0 Å². The van der Waals surface area contributed by atoms with Gasteiger partial charge in [0.2, 0.25) is 11.8 Å². The number of carbonyl (C=O) groups excluding carboxylic acids is 2. The van der Waals surface area contributed by atoms with Crippen molar-refractivity contribution in [3.8, 4) is 0 Å². The topological polar surface area (TPSA) is 104 Å². The molecule has 9 nitrogen and oxygen atoms in total. The maximum absolute atomic E-state index is 12.7. The number of rotatable bonds is 5. The van der Waals surface area contributed by atoms with Crippen LogP contribution in [-0.2, 0) is 20.7 Å². The maximum Gasteiger partial charge on any atom is 0.249 e. The summed E-state index contributed by atoms with van der Waals surface area (Å²) in [6.45, 7) is 3.23. The number of ether oxygens (including phenoxy) is 1. The van der Waals surface area contributed by atoms with Crippen molar-refractivity contribution in [2.45, 2.75) is 25.8 Å². The van der Waals surface area contributed by atoms with Gasteiger partial charge in [-0.2, -0.15) is 5.10 Å². The first-order valence-corrected chi connectivity index (χ1v) is 8.92. The second-order valence-electron chi connectivity index (χ2n) is 6.52. The van der Waals surface area contributed by atoms with E-state index in [2.05, 4.69) is 20.2 Å². The first-order chi connectivity index (χ1) is 13.1. The molecule has 2 aromatic heterocycles. The van der Waals surface area contributed by atoms with Crippen molar-refractivity contribution in [3.05, 3.63) is 41.7 Å². The predicted octanol–water partition coefficient (Wildman–Crippen LogP) is 0.499. The molecule has 1 fully saturated rings. The summed E-state index contributed by atoms with van der Waals surface area (Å²) in [7, 11) is 1.49. The van der Waals surface area contributed by atoms with Crippen LogP contribution in [0.1, 0.15) is 29.7 Å². The van der Waals surface area contributed by atoms with Gasteiger partial charge in [0.15, 0.2) is 5.82 Å². The summed E-state index contributed by atoms with van der Waals surface area (Å²) in [5.41, 5.74) is 0.875. The van der Waals surface area contributed by atoms with E-state index in [-0.39, 0.29) is 24.5 Å². The van der Waals surface area contributed by atoms with Crippen LogP contribution in [0.3, 0.4) is 0 Å². The summed E-state index contributed by atoms with van der Waals surface area (Å²) in [6, 6.07) is 3.42. The van der Waals surface area contributed by atoms with Crippen LogP contribution in [-0.4, -0.2) is 75.1 Å². The molecular weight excluding hydrogens is 348 g/mol. The molecule has 1 atom stereocenters. The second-order valence-corrected chi connectivity index (χ2v) is 6.52. The SMILES string of the molecule is COCC(=O)N1CCN(C(=O)Cc2cccnc2)CCC1c1n[nH]c(C)n1. The standard InChI is InChI=1S/C18H24N6O3/c1-13-20-18(22-21-13)15-5-7-23(8-9-24(15)17(26)12-27-2)16(25)10-14-4-3-6-19-11-14/h3-4,6,11,15H,5,7-10,12H2,1-2H3,(H,20,21,22). The molecule has 1 N–H and O–H groups in total. The van der Waals surface area contributed by atoms with Crippen molar-refractivity contribution >= 4 is 11.8 Å². The van der Waals surface area contributed by atoms with Crippen LogP contribution in [0.25, 0.3) is 0 Å². The lowest BCUT2D eigenvalue weighted by Crippen LogP contribution is -2.40. The van der Waals surface area contributed by atoms with Gasteiger partial charge in [-0.15, -0.1) is 0 Å². The van der Waals surface area contributed by atoms with Crippen LogP contribution in [0, 0.1) is 6.92 Å². The highest BCUT2D eigenvalue weighted by molar-refractivity contribution is 5.80. The molecule has 0 aliphatic carbocycles. The smallest absolute Gasteiger partial charge is 0.249 e. The number of amides is 2. The summed E-state index contributed by atoms with van der Waals surface area (Å²) in [6.07, 6.45) is 4.25. The molecule has 2 aromatic rings. The van der Waals surface area contributed by atoms with Crippen LogP contribution in [0.5, 0.6) is 0 Å². The van der Waals surface area contributed by atoms with Crippen molar-refractivity contribution in [1.29, 1.82) is 0 Å². The van der Waals surface area contributed by atoms with E-state index in [4.69, 9.17) is 4.74 Å². The summed E-state index contributed by atoms with van der Waals surface area (Å²) < 4.78 is 5.01. The number of hydrogen-bond acceptors (Lipinski definition) is 6. The van der Waals surface area contributed by atoms with Crippen LogP contribution in [0.2, 0.25) is 0 Å². The fraction of sp³-hybridized carbons (Fsp3) is 0.500. The first kappa shape index (κ1) is 19.0. The molecule has 0 aromatic carbocycles. The summed E-state index contributed by atoms with van der Waals surface area (Å²) in [5.74, 6) is 1.15. The molecule has 3 heterocycles. The summed E-state index contributed by atoms with van der Waals surface area (Å²) >= 11 is 0. The maximum atomic E-state index is 12.7. The number of aromatic amines is 1. The van der Waals surface area contributed by atoms with E-state index >= 15 is 0 Å². The highest BCUT2D eigenvalue weighted by Gasteiger charge is 2.32. The quantitative estimate of drug-likeness (QED) is 0.820. The van der Waals surface area contributed by atoms with Gasteiger partial charge in [-0.05, 0) is 25.0 Å². The highest BCUT2D eigenvalue weighted by atomic mass is 16.5. The highest BCUT2D eigenvalue weighted by Crippen LogP contribution is 2.25. The fourth-order valence-electron chi connectivity index (χ4n) is 3.25. The Morgan fingerprint density at radius 2 is 2.15 bits per heavy atom. The number of H-pyrrole nitrogens is 1. The fourth-order valence-corrected chi connectivity index (χ4v) is 3.25. The van der Waals surface area contributed by atoms with E-state index < -0.39 is 0 Å². The molecule has 0 spiro atoms. The number of pyridine rings is 1. The average molecular weight is 372 g/mol. The number of nitrogens with one attached hydrogen (secondary N) is 1. The Kier molecular flexibility index (Phi) is 6.12. The number of nitrogens with zero attached hydrogens (tertiary/aromatic N) is 5. The number of methoxy groups -OCH3 is 1. The van der Waals surface area contributed by atoms with Gasteiger partial charge in [-0.3, -0.25) is 19.7 Å². The lowest BCUT2D eigenvalue weighted by atomic mass is 10.1. The third-order valence-electron chi connectivity index (χ3n) is 4.59. The van der Waals surface area contributed by atoms with E-state index in [1.807, 2.05) is 19.1 Å². The Morgan fingerprint density at radius 3 is 2.81 bits per heavy atom. The summed E-state index contributed by atoms with van der Waals surface area (Å²) in [5, 5.41) is 7.06. The molecule has 3 rings (SSSR count). The van der Waals surface area contributed by atoms with Gasteiger partial charge in [0, 0.05) is 39.1 Å². The molecule has 144 valence electrons. The van der Waals surface area contributed by atoms with Crippen LogP contribution in [0.15, 0.2) is 24.5 Å². The minimum atomic E-state index is -0.284. The minimum Gasteiger partial charge on any atom is -0.375 e. The molecule has 27 heavy (non-hydrogen) atoms. The molecule has 0 saturated carbocycles. The monoisotopic (exact) mass is 372 g/mol. The third kappa shape index (κ3) is 4.68. The van der Waals surface area contributed by atoms with E-state index in [9.17, 15) is 9.59 Å². The first-order valence-electron chi connectivity index (χ1n) is 8.92. The van der Waals surface area contributed by atoms with Gasteiger partial charge >= 0.3 is 0 Å². The molecule has 0 radical (unpaired) electrons. The number of aryl methyl sites for hydroxylation is 1. The average Bonchev–Trinajstić information content (AvgIpc) is 2.96. The predicted molar refractivity (Wildman–Crippen MR) is 96.6 cm³/mol. The van der Waals surface area contributed by atoms with E-state index in [1.54, 1.807) is 22.2 Å². The third-order valence-corrected chi connectivity index (χ3v) is 4.59. The zero-order chi connectivity index (χ0) is 19.2. The molecule has 1 unspecified atom stereocenters. The van der Waals surface area contributed by atoms with Gasteiger partial charge in [0.25, 0.3) is 0 Å². The van der Waals surface area contributed by atoms with Crippen molar-refractivity contribution in [2.24, 2.45) is 0 Å². The van der Waals surface area contributed by atoms with E-state index in [1.165, 1.54) is 7.11 Å². The Balaban J connectivity index is 1.74. The van der Waals surface area contributed by atoms with E-state index in [0.717, 1.165) is 5.56 Å². The summed E-state index contributed by atoms with van der Waals surface area (Å²) in [4.78, 5) is 37.2. The Labute approximate surface area is 157 Å². The Hall–Kier alpha value is -2.81. The molecule has 1 aliphatic rings. The Morgan fingerprint density at radius 1 is 1.30 bits per heavy atom. The van der Waals surface area contributed by atoms with Crippen LogP contribution >= 0.6 is 0 Å². The number of hydrogen-bond donors (Lipinski definition) is 1. The molecule has 1 aliphatic heterocycles. The van der Waals surface area contributed by atoms with Crippen molar-refractivity contribution in [3.63, 3.8) is 0 Å². The molecule has 1 saturated heterocycles. The van der Waals surface area contributed by atoms with Gasteiger partial charge in [-0.1, -0.05) is 6.07 Å². The van der Waals surface area contributed by atoms with Crippen molar-refractivity contribution in [2.75, 3.05) is 33.4 Å². The molecule has 9 heteroatoms.